The lowest BCUT2D eigenvalue weighted by atomic mass is 9.82. The summed E-state index contributed by atoms with van der Waals surface area (Å²) in [5, 5.41) is 10.4. The molecule has 1 aliphatic heterocycles. The molecule has 6 nitrogen and oxygen atoms in total. The first-order valence-corrected chi connectivity index (χ1v) is 11.9. The lowest BCUT2D eigenvalue weighted by Gasteiger charge is -2.28. The summed E-state index contributed by atoms with van der Waals surface area (Å²) in [6.45, 7) is 3.48. The lowest BCUT2D eigenvalue weighted by molar-refractivity contribution is -0.143. The number of hydrogen-bond acceptors (Lipinski definition) is 4. The number of benzene rings is 2. The summed E-state index contributed by atoms with van der Waals surface area (Å²) in [6, 6.07) is 13.7. The van der Waals surface area contributed by atoms with Gasteiger partial charge in [0.1, 0.15) is 5.75 Å². The molecule has 2 aromatic carbocycles. The number of likely N-dealkylation sites (N-methyl/N-ethyl adjacent to an activating group) is 1. The fraction of sp³-hybridized carbons (Fsp3) is 0.481. The largest absolute Gasteiger partial charge is 0.497 e. The molecule has 4 rings (SSSR count). The van der Waals surface area contributed by atoms with E-state index in [0.29, 0.717) is 13.1 Å². The van der Waals surface area contributed by atoms with E-state index in [9.17, 15) is 14.7 Å². The molecule has 33 heavy (non-hydrogen) atoms. The van der Waals surface area contributed by atoms with Crippen molar-refractivity contribution in [1.29, 1.82) is 0 Å². The van der Waals surface area contributed by atoms with Gasteiger partial charge in [-0.1, -0.05) is 37.3 Å². The Kier molecular flexibility index (Phi) is 7.03. The van der Waals surface area contributed by atoms with Crippen molar-refractivity contribution in [2.75, 3.05) is 33.8 Å². The lowest BCUT2D eigenvalue weighted by Crippen LogP contribution is -2.39. The zero-order valence-corrected chi connectivity index (χ0v) is 19.8. The van der Waals surface area contributed by atoms with Crippen LogP contribution in [0.15, 0.2) is 42.5 Å². The fourth-order valence-electron chi connectivity index (χ4n) is 5.51. The molecule has 6 heteroatoms. The monoisotopic (exact) mass is 450 g/mol. The second kappa shape index (κ2) is 9.96. The molecule has 0 radical (unpaired) electrons. The Morgan fingerprint density at radius 1 is 1.09 bits per heavy atom. The summed E-state index contributed by atoms with van der Waals surface area (Å²) in [5.74, 6) is -0.886. The molecule has 3 atom stereocenters. The van der Waals surface area contributed by atoms with Gasteiger partial charge in [-0.3, -0.25) is 14.5 Å². The highest BCUT2D eigenvalue weighted by Crippen LogP contribution is 2.46. The molecule has 1 fully saturated rings. The van der Waals surface area contributed by atoms with Crippen LogP contribution in [0.3, 0.4) is 0 Å². The average molecular weight is 451 g/mol. The van der Waals surface area contributed by atoms with Gasteiger partial charge in [-0.2, -0.15) is 0 Å². The number of ether oxygens (including phenoxy) is 1. The topological polar surface area (TPSA) is 70.1 Å². The van der Waals surface area contributed by atoms with E-state index >= 15 is 0 Å². The van der Waals surface area contributed by atoms with Crippen molar-refractivity contribution in [2.24, 2.45) is 5.92 Å². The van der Waals surface area contributed by atoms with Crippen LogP contribution in [0, 0.1) is 5.92 Å². The quantitative estimate of drug-likeness (QED) is 0.661. The van der Waals surface area contributed by atoms with Crippen LogP contribution in [-0.2, 0) is 22.4 Å². The first kappa shape index (κ1) is 23.3. The zero-order chi connectivity index (χ0) is 23.5. The molecule has 176 valence electrons. The summed E-state index contributed by atoms with van der Waals surface area (Å²) < 4.78 is 5.30. The third-order valence-corrected chi connectivity index (χ3v) is 7.21. The van der Waals surface area contributed by atoms with Crippen molar-refractivity contribution in [3.05, 3.63) is 64.7 Å². The predicted octanol–water partition coefficient (Wildman–Crippen LogP) is 3.89. The molecule has 0 bridgehead atoms. The van der Waals surface area contributed by atoms with Crippen molar-refractivity contribution in [1.82, 2.24) is 9.80 Å². The van der Waals surface area contributed by atoms with Gasteiger partial charge in [0.05, 0.1) is 19.6 Å². The number of aryl methyl sites for hydroxylation is 2. The van der Waals surface area contributed by atoms with Crippen molar-refractivity contribution in [3.8, 4) is 5.75 Å². The van der Waals surface area contributed by atoms with Gasteiger partial charge < -0.3 is 14.7 Å². The van der Waals surface area contributed by atoms with E-state index in [2.05, 4.69) is 23.1 Å². The summed E-state index contributed by atoms with van der Waals surface area (Å²) >= 11 is 0. The molecule has 0 unspecified atom stereocenters. The number of nitrogens with zero attached hydrogens (tertiary/aromatic N) is 2. The van der Waals surface area contributed by atoms with Crippen LogP contribution in [0.4, 0.5) is 0 Å². The van der Waals surface area contributed by atoms with Crippen LogP contribution in [-0.4, -0.2) is 60.6 Å². The van der Waals surface area contributed by atoms with Gasteiger partial charge in [0.25, 0.3) is 0 Å². The molecule has 0 saturated carbocycles. The van der Waals surface area contributed by atoms with Crippen LogP contribution in [0.2, 0.25) is 0 Å². The van der Waals surface area contributed by atoms with E-state index in [-0.39, 0.29) is 24.4 Å². The molecule has 0 spiro atoms. The third kappa shape index (κ3) is 4.76. The molecule has 0 aromatic heterocycles. The Morgan fingerprint density at radius 3 is 2.45 bits per heavy atom. The Hall–Kier alpha value is -2.86. The maximum absolute atomic E-state index is 13.0. The van der Waals surface area contributed by atoms with Gasteiger partial charge in [-0.25, -0.2) is 0 Å². The number of carbonyl (C=O) groups is 2. The maximum Gasteiger partial charge on any atom is 0.309 e. The minimum absolute atomic E-state index is 0.0223. The van der Waals surface area contributed by atoms with Gasteiger partial charge >= 0.3 is 5.97 Å². The zero-order valence-electron chi connectivity index (χ0n) is 19.8. The van der Waals surface area contributed by atoms with E-state index in [1.165, 1.54) is 11.1 Å². The Balaban J connectivity index is 1.71. The number of carbonyl (C=O) groups excluding carboxylic acids is 1. The normalized spacial score (nSPS) is 22.2. The molecule has 1 aliphatic carbocycles. The van der Waals surface area contributed by atoms with E-state index in [1.54, 1.807) is 12.0 Å². The Morgan fingerprint density at radius 2 is 1.79 bits per heavy atom. The SMILES string of the molecule is CCCN(C)C(=O)CN1C[C@H](c2ccc3c(c2)CCC3)[C@@H](C(=O)O)[C@@H]1c1ccc(OC)cc1. The second-order valence-electron chi connectivity index (χ2n) is 9.31. The number of hydrogen-bond donors (Lipinski definition) is 1. The third-order valence-electron chi connectivity index (χ3n) is 7.21. The standard InChI is InChI=1S/C27H34N2O4/c1-4-14-28(2)24(30)17-29-16-23(21-9-8-18-6-5-7-20(18)15-21)25(27(31)32)26(29)19-10-12-22(33-3)13-11-19/h8-13,15,23,25-26H,4-7,14,16-17H2,1-3H3,(H,31,32)/t23-,25-,26+/m1/s1. The van der Waals surface area contributed by atoms with Crippen molar-refractivity contribution >= 4 is 11.9 Å². The minimum atomic E-state index is -0.821. The average Bonchev–Trinajstić information content (AvgIpc) is 3.43. The van der Waals surface area contributed by atoms with Crippen molar-refractivity contribution < 1.29 is 19.4 Å². The van der Waals surface area contributed by atoms with Gasteiger partial charge in [-0.05, 0) is 60.1 Å². The van der Waals surface area contributed by atoms with E-state index < -0.39 is 11.9 Å². The highest BCUT2D eigenvalue weighted by atomic mass is 16.5. The smallest absolute Gasteiger partial charge is 0.309 e. The number of amides is 1. The Bertz CT molecular complexity index is 1000. The van der Waals surface area contributed by atoms with Crippen molar-refractivity contribution in [3.63, 3.8) is 0 Å². The van der Waals surface area contributed by atoms with Gasteiger partial charge in [-0.15, -0.1) is 0 Å². The number of aliphatic carboxylic acids is 1. The van der Waals surface area contributed by atoms with Crippen LogP contribution in [0.5, 0.6) is 5.75 Å². The summed E-state index contributed by atoms with van der Waals surface area (Å²) in [4.78, 5) is 29.4. The fourth-order valence-corrected chi connectivity index (χ4v) is 5.51. The predicted molar refractivity (Wildman–Crippen MR) is 128 cm³/mol. The molecular formula is C27H34N2O4. The first-order valence-electron chi connectivity index (χ1n) is 11.9. The van der Waals surface area contributed by atoms with Gasteiger partial charge in [0.15, 0.2) is 0 Å². The van der Waals surface area contributed by atoms with E-state index in [4.69, 9.17) is 4.74 Å². The molecule has 1 saturated heterocycles. The highest BCUT2D eigenvalue weighted by Gasteiger charge is 2.48. The van der Waals surface area contributed by atoms with E-state index in [1.807, 2.05) is 38.2 Å². The first-order chi connectivity index (χ1) is 15.9. The van der Waals surface area contributed by atoms with Crippen molar-refractivity contribution in [2.45, 2.75) is 44.6 Å². The molecule has 1 heterocycles. The van der Waals surface area contributed by atoms with Crippen LogP contribution < -0.4 is 4.74 Å². The molecule has 1 N–H and O–H groups in total. The maximum atomic E-state index is 13.0. The summed E-state index contributed by atoms with van der Waals surface area (Å²) in [5.41, 5.74) is 4.69. The van der Waals surface area contributed by atoms with E-state index in [0.717, 1.165) is 42.6 Å². The van der Waals surface area contributed by atoms with Gasteiger partial charge in [0.2, 0.25) is 5.91 Å². The van der Waals surface area contributed by atoms with Crippen LogP contribution >= 0.6 is 0 Å². The molecular weight excluding hydrogens is 416 g/mol. The summed E-state index contributed by atoms with van der Waals surface area (Å²) in [7, 11) is 3.43. The number of likely N-dealkylation sites (tertiary alicyclic amines) is 1. The van der Waals surface area contributed by atoms with Gasteiger partial charge in [0, 0.05) is 32.1 Å². The minimum Gasteiger partial charge on any atom is -0.497 e. The molecule has 2 aliphatic rings. The molecule has 2 aromatic rings. The second-order valence-corrected chi connectivity index (χ2v) is 9.31. The van der Waals surface area contributed by atoms with Crippen LogP contribution in [0.25, 0.3) is 0 Å². The number of carboxylic acids is 1. The molecule has 1 amide bonds. The highest BCUT2D eigenvalue weighted by molar-refractivity contribution is 5.79. The number of methoxy groups -OCH3 is 1. The summed E-state index contributed by atoms with van der Waals surface area (Å²) in [6.07, 6.45) is 4.20. The number of rotatable bonds is 8. The van der Waals surface area contributed by atoms with Crippen LogP contribution in [0.1, 0.15) is 54.0 Å². The number of carboxylic acid groups (broad SMARTS) is 1. The number of fused-ring (bicyclic) bond motifs is 1. The Labute approximate surface area is 196 Å².